The topological polar surface area (TPSA) is 29.3 Å². The van der Waals surface area contributed by atoms with Crippen LogP contribution < -0.4 is 11.1 Å². The van der Waals surface area contributed by atoms with Gasteiger partial charge in [0.15, 0.2) is 11.6 Å². The lowest BCUT2D eigenvalue weighted by molar-refractivity contribution is 0.229. The van der Waals surface area contributed by atoms with Gasteiger partial charge in [-0.25, -0.2) is 8.78 Å². The molecule has 0 radical (unpaired) electrons. The van der Waals surface area contributed by atoms with Crippen molar-refractivity contribution in [3.05, 3.63) is 48.0 Å². The zero-order valence-corrected chi connectivity index (χ0v) is 9.00. The van der Waals surface area contributed by atoms with Crippen molar-refractivity contribution >= 4 is 11.4 Å². The van der Waals surface area contributed by atoms with Crippen LogP contribution in [-0.4, -0.2) is 0 Å². The van der Waals surface area contributed by atoms with Crippen molar-refractivity contribution in [2.75, 3.05) is 11.1 Å². The molecule has 2 rings (SSSR count). The Hall–Kier alpha value is -2.24. The van der Waals surface area contributed by atoms with Gasteiger partial charge in [-0.3, -0.25) is 0 Å². The van der Waals surface area contributed by atoms with Gasteiger partial charge >= 0.3 is 0 Å². The molecule has 94 valence electrons. The van der Waals surface area contributed by atoms with E-state index in [1.54, 1.807) is 0 Å². The lowest BCUT2D eigenvalue weighted by atomic mass is 10.0. The van der Waals surface area contributed by atoms with Crippen molar-refractivity contribution in [1.29, 1.82) is 0 Å². The number of benzene rings is 2. The third-order valence-electron chi connectivity index (χ3n) is 2.47. The van der Waals surface area contributed by atoms with Crippen LogP contribution in [0.4, 0.5) is 29.1 Å². The second-order valence-electron chi connectivity index (χ2n) is 3.62. The molecule has 0 atom stereocenters. The monoisotopic (exact) mass is 256 g/mol. The Morgan fingerprint density at radius 1 is 0.833 bits per heavy atom. The maximum atomic E-state index is 13.6. The summed E-state index contributed by atoms with van der Waals surface area (Å²) in [4.78, 5) is 0. The summed E-state index contributed by atoms with van der Waals surface area (Å²) in [6, 6.07) is 7.88. The Morgan fingerprint density at radius 2 is 1.44 bits per heavy atom. The number of hydrogen-bond acceptors (Lipinski definition) is 2. The van der Waals surface area contributed by atoms with Crippen molar-refractivity contribution in [3.63, 3.8) is 0 Å². The zero-order chi connectivity index (χ0) is 13.3. The highest BCUT2D eigenvalue weighted by molar-refractivity contribution is 5.68. The van der Waals surface area contributed by atoms with Gasteiger partial charge in [0, 0.05) is 11.3 Å². The summed E-state index contributed by atoms with van der Waals surface area (Å²) in [6.07, 6.45) is 0. The molecule has 0 bridgehead atoms. The van der Waals surface area contributed by atoms with Gasteiger partial charge in [-0.15, -0.1) is 0 Å². The molecule has 0 fully saturated rings. The molecule has 0 saturated carbocycles. The van der Waals surface area contributed by atoms with Crippen molar-refractivity contribution in [1.82, 2.24) is 0 Å². The van der Waals surface area contributed by atoms with E-state index in [-0.39, 0.29) is 5.56 Å². The van der Waals surface area contributed by atoms with E-state index in [2.05, 4.69) is 0 Å². The number of nitrogen functional groups attached to an aromatic ring is 1. The summed E-state index contributed by atoms with van der Waals surface area (Å²) in [5.41, 5.74) is 5.08. The largest absolute Gasteiger partial charge is 0.399 e. The third kappa shape index (κ3) is 2.09. The van der Waals surface area contributed by atoms with Gasteiger partial charge in [0.2, 0.25) is 0 Å². The van der Waals surface area contributed by atoms with E-state index in [9.17, 15) is 17.7 Å². The van der Waals surface area contributed by atoms with Crippen LogP contribution in [0.15, 0.2) is 36.4 Å². The molecule has 6 heteroatoms. The molecule has 2 aromatic carbocycles. The molecule has 0 unspecified atom stereocenters. The van der Waals surface area contributed by atoms with Gasteiger partial charge in [-0.05, 0) is 35.2 Å². The fraction of sp³-hybridized carbons (Fsp3) is 0. The highest BCUT2D eigenvalue weighted by Crippen LogP contribution is 2.31. The first kappa shape index (κ1) is 12.2. The van der Waals surface area contributed by atoms with Crippen LogP contribution in [0, 0.1) is 11.6 Å². The Bertz CT molecular complexity index is 567. The van der Waals surface area contributed by atoms with Crippen LogP contribution in [-0.2, 0) is 0 Å². The van der Waals surface area contributed by atoms with E-state index in [1.807, 2.05) is 0 Å². The lowest BCUT2D eigenvalue weighted by Gasteiger charge is -2.09. The molecule has 18 heavy (non-hydrogen) atoms. The van der Waals surface area contributed by atoms with Gasteiger partial charge in [-0.1, -0.05) is 21.1 Å². The Morgan fingerprint density at radius 3 is 2.00 bits per heavy atom. The summed E-state index contributed by atoms with van der Waals surface area (Å²) in [5.74, 6) is -2.91. The minimum Gasteiger partial charge on any atom is -0.399 e. The number of anilines is 2. The average Bonchev–Trinajstić information content (AvgIpc) is 2.33. The smallest absolute Gasteiger partial charge is 0.188 e. The average molecular weight is 256 g/mol. The number of hydrogen-bond donors (Lipinski definition) is 1. The summed E-state index contributed by atoms with van der Waals surface area (Å²) >= 11 is 0. The molecule has 2 N–H and O–H groups in total. The van der Waals surface area contributed by atoms with E-state index in [0.29, 0.717) is 11.3 Å². The first-order chi connectivity index (χ1) is 8.50. The van der Waals surface area contributed by atoms with Gasteiger partial charge in [-0.2, -0.15) is 0 Å². The first-order valence-electron chi connectivity index (χ1n) is 4.96. The Kier molecular flexibility index (Phi) is 3.10. The number of rotatable bonds is 2. The summed E-state index contributed by atoms with van der Waals surface area (Å²) in [7, 11) is 0. The van der Waals surface area contributed by atoms with Crippen molar-refractivity contribution in [3.8, 4) is 11.1 Å². The molecule has 0 aliphatic carbocycles. The van der Waals surface area contributed by atoms with E-state index in [1.165, 1.54) is 24.3 Å². The summed E-state index contributed by atoms with van der Waals surface area (Å²) < 4.78 is 51.4. The van der Waals surface area contributed by atoms with Gasteiger partial charge in [0.25, 0.3) is 0 Å². The molecule has 0 saturated heterocycles. The first-order valence-corrected chi connectivity index (χ1v) is 4.96. The molecule has 2 aromatic rings. The Labute approximate surface area is 100 Å². The lowest BCUT2D eigenvalue weighted by Crippen LogP contribution is -2.02. The van der Waals surface area contributed by atoms with Crippen molar-refractivity contribution < 1.29 is 17.7 Å². The predicted octanol–water partition coefficient (Wildman–Crippen LogP) is 3.79. The van der Waals surface area contributed by atoms with Crippen LogP contribution in [0.25, 0.3) is 11.1 Å². The van der Waals surface area contributed by atoms with Crippen LogP contribution in [0.1, 0.15) is 0 Å². The minimum absolute atomic E-state index is 0.0990. The summed E-state index contributed by atoms with van der Waals surface area (Å²) in [5, 5.41) is -1.47. The molecule has 0 spiro atoms. The molecule has 0 amide bonds. The van der Waals surface area contributed by atoms with Gasteiger partial charge in [0.05, 0.1) is 0 Å². The normalized spacial score (nSPS) is 10.4. The molecule has 0 aliphatic heterocycles. The van der Waals surface area contributed by atoms with E-state index in [0.717, 1.165) is 12.1 Å². The number of halogens is 4. The SMILES string of the molecule is Nc1ccc(-c2ccc(N(F)F)c(F)c2F)cc1. The second kappa shape index (κ2) is 4.56. The predicted molar refractivity (Wildman–Crippen MR) is 60.9 cm³/mol. The molecule has 0 aliphatic rings. The molecular formula is C12H8F4N2. The summed E-state index contributed by atoms with van der Waals surface area (Å²) in [6.45, 7) is 0. The van der Waals surface area contributed by atoms with Gasteiger partial charge < -0.3 is 5.73 Å². The molecule has 0 aromatic heterocycles. The van der Waals surface area contributed by atoms with Crippen LogP contribution >= 0.6 is 0 Å². The van der Waals surface area contributed by atoms with Crippen LogP contribution in [0.3, 0.4) is 0 Å². The minimum atomic E-state index is -1.59. The fourth-order valence-electron chi connectivity index (χ4n) is 1.56. The molecule has 0 heterocycles. The van der Waals surface area contributed by atoms with Gasteiger partial charge in [0.1, 0.15) is 5.69 Å². The molecule has 2 nitrogen and oxygen atoms in total. The standard InChI is InChI=1S/C12H8F4N2/c13-11-9(7-1-3-8(17)4-2-7)5-6-10(12(11)14)18(15)16/h1-6H,17H2. The zero-order valence-electron chi connectivity index (χ0n) is 9.00. The number of nitrogens with two attached hydrogens (primary N) is 1. The second-order valence-corrected chi connectivity index (χ2v) is 3.62. The van der Waals surface area contributed by atoms with Crippen LogP contribution in [0.5, 0.6) is 0 Å². The van der Waals surface area contributed by atoms with E-state index < -0.39 is 22.7 Å². The quantitative estimate of drug-likeness (QED) is 0.503. The maximum Gasteiger partial charge on any atom is 0.188 e. The van der Waals surface area contributed by atoms with Crippen LogP contribution in [0.2, 0.25) is 0 Å². The fourth-order valence-corrected chi connectivity index (χ4v) is 1.56. The van der Waals surface area contributed by atoms with E-state index >= 15 is 0 Å². The number of nitrogens with zero attached hydrogens (tertiary/aromatic N) is 1. The van der Waals surface area contributed by atoms with E-state index in [4.69, 9.17) is 5.73 Å². The highest BCUT2D eigenvalue weighted by atomic mass is 19.4. The maximum absolute atomic E-state index is 13.6. The van der Waals surface area contributed by atoms with Crippen molar-refractivity contribution in [2.24, 2.45) is 0 Å². The third-order valence-corrected chi connectivity index (χ3v) is 2.47. The highest BCUT2D eigenvalue weighted by Gasteiger charge is 2.18. The Balaban J connectivity index is 2.53. The van der Waals surface area contributed by atoms with Crippen molar-refractivity contribution in [2.45, 2.75) is 0 Å². The molecular weight excluding hydrogens is 248 g/mol.